The van der Waals surface area contributed by atoms with E-state index < -0.39 is 0 Å². The van der Waals surface area contributed by atoms with Crippen LogP contribution in [0.2, 0.25) is 0 Å². The summed E-state index contributed by atoms with van der Waals surface area (Å²) in [7, 11) is 0. The van der Waals surface area contributed by atoms with E-state index in [2.05, 4.69) is 26.5 Å². The van der Waals surface area contributed by atoms with Gasteiger partial charge >= 0.3 is 0 Å². The first-order valence-corrected chi connectivity index (χ1v) is 9.71. The van der Waals surface area contributed by atoms with Crippen molar-refractivity contribution in [2.75, 3.05) is 0 Å². The number of fused-ring (bicyclic) bond motifs is 5. The topological polar surface area (TPSA) is 0 Å². The van der Waals surface area contributed by atoms with E-state index in [0.29, 0.717) is 10.8 Å². The van der Waals surface area contributed by atoms with Crippen LogP contribution < -0.4 is 0 Å². The van der Waals surface area contributed by atoms with Crippen LogP contribution in [0.25, 0.3) is 0 Å². The van der Waals surface area contributed by atoms with Gasteiger partial charge in [-0.2, -0.15) is 0 Å². The van der Waals surface area contributed by atoms with Crippen molar-refractivity contribution in [2.45, 2.75) is 78.1 Å². The standard InChI is InChI=1S/C21H34/c1-4-15-10-13-20(2)14-11-18-17(19(15)20)9-8-16-7-5-6-12-21(16,18)3/h4,15-19H,1,5-14H2,2-3H3/t15?,16-,17-,18+,19+,20+,21+/m1/s1. The molecule has 0 spiro atoms. The van der Waals surface area contributed by atoms with Gasteiger partial charge in [0.05, 0.1) is 0 Å². The lowest BCUT2D eigenvalue weighted by Gasteiger charge is -2.60. The number of hydrogen-bond acceptors (Lipinski definition) is 0. The fourth-order valence-corrected chi connectivity index (χ4v) is 7.69. The number of hydrogen-bond donors (Lipinski definition) is 0. The average Bonchev–Trinajstić information content (AvgIpc) is 2.83. The molecule has 0 aromatic carbocycles. The van der Waals surface area contributed by atoms with Gasteiger partial charge in [0, 0.05) is 0 Å². The third-order valence-electron chi connectivity index (χ3n) is 8.77. The zero-order chi connectivity index (χ0) is 14.7. The maximum atomic E-state index is 4.20. The smallest absolute Gasteiger partial charge is 0.0200 e. The van der Waals surface area contributed by atoms with Gasteiger partial charge in [-0.3, -0.25) is 0 Å². The average molecular weight is 287 g/mol. The van der Waals surface area contributed by atoms with Gasteiger partial charge in [-0.25, -0.2) is 0 Å². The predicted molar refractivity (Wildman–Crippen MR) is 90.0 cm³/mol. The molecule has 0 N–H and O–H groups in total. The monoisotopic (exact) mass is 286 g/mol. The largest absolute Gasteiger partial charge is 0.103 e. The van der Waals surface area contributed by atoms with E-state index in [-0.39, 0.29) is 0 Å². The molecule has 4 aliphatic carbocycles. The third kappa shape index (κ3) is 1.93. The normalized spacial score (nSPS) is 56.2. The van der Waals surface area contributed by atoms with Gasteiger partial charge in [0.2, 0.25) is 0 Å². The molecule has 4 fully saturated rings. The minimum atomic E-state index is 0.651. The van der Waals surface area contributed by atoms with Gasteiger partial charge in [0.15, 0.2) is 0 Å². The van der Waals surface area contributed by atoms with Crippen LogP contribution >= 0.6 is 0 Å². The highest BCUT2D eigenvalue weighted by Crippen LogP contribution is 2.67. The van der Waals surface area contributed by atoms with E-state index in [9.17, 15) is 0 Å². The Labute approximate surface area is 131 Å². The van der Waals surface area contributed by atoms with Crippen molar-refractivity contribution in [1.29, 1.82) is 0 Å². The highest BCUT2D eigenvalue weighted by atomic mass is 14.6. The Hall–Kier alpha value is -0.260. The van der Waals surface area contributed by atoms with Crippen molar-refractivity contribution in [2.24, 2.45) is 40.4 Å². The Morgan fingerprint density at radius 2 is 1.71 bits per heavy atom. The van der Waals surface area contributed by atoms with E-state index in [1.807, 2.05) is 0 Å². The number of allylic oxidation sites excluding steroid dienone is 1. The molecule has 0 amide bonds. The first-order valence-electron chi connectivity index (χ1n) is 9.71. The summed E-state index contributed by atoms with van der Waals surface area (Å²) in [5, 5.41) is 0. The molecule has 0 heterocycles. The molecule has 0 aliphatic heterocycles. The Bertz CT molecular complexity index is 424. The Kier molecular flexibility index (Phi) is 3.32. The van der Waals surface area contributed by atoms with Crippen LogP contribution in [0.1, 0.15) is 78.1 Å². The van der Waals surface area contributed by atoms with Crippen LogP contribution in [0, 0.1) is 40.4 Å². The Morgan fingerprint density at radius 3 is 2.52 bits per heavy atom. The molecule has 0 aromatic heterocycles. The van der Waals surface area contributed by atoms with Gasteiger partial charge in [-0.05, 0) is 91.8 Å². The fraction of sp³-hybridized carbons (Fsp3) is 0.905. The summed E-state index contributed by atoms with van der Waals surface area (Å²) in [5.74, 6) is 4.91. The second kappa shape index (κ2) is 4.87. The summed E-state index contributed by atoms with van der Waals surface area (Å²) in [6.07, 6.45) is 17.4. The van der Waals surface area contributed by atoms with Crippen LogP contribution in [0.5, 0.6) is 0 Å². The summed E-state index contributed by atoms with van der Waals surface area (Å²) < 4.78 is 0. The van der Waals surface area contributed by atoms with Crippen LogP contribution in [0.4, 0.5) is 0 Å². The maximum Gasteiger partial charge on any atom is -0.0200 e. The molecular weight excluding hydrogens is 252 g/mol. The first kappa shape index (κ1) is 14.3. The third-order valence-corrected chi connectivity index (χ3v) is 8.77. The molecular formula is C21H34. The molecule has 0 radical (unpaired) electrons. The lowest BCUT2D eigenvalue weighted by molar-refractivity contribution is -0.108. The van der Waals surface area contributed by atoms with E-state index in [4.69, 9.17) is 0 Å². The van der Waals surface area contributed by atoms with Crippen molar-refractivity contribution in [3.63, 3.8) is 0 Å². The van der Waals surface area contributed by atoms with E-state index in [0.717, 1.165) is 29.6 Å². The Morgan fingerprint density at radius 1 is 0.905 bits per heavy atom. The summed E-state index contributed by atoms with van der Waals surface area (Å²) in [5.41, 5.74) is 1.34. The lowest BCUT2D eigenvalue weighted by atomic mass is 9.45. The van der Waals surface area contributed by atoms with Crippen molar-refractivity contribution in [3.05, 3.63) is 12.7 Å². The van der Waals surface area contributed by atoms with Gasteiger partial charge in [0.1, 0.15) is 0 Å². The molecule has 0 bridgehead atoms. The molecule has 0 heteroatoms. The lowest BCUT2D eigenvalue weighted by Crippen LogP contribution is -2.52. The molecule has 4 saturated carbocycles. The Balaban J connectivity index is 1.67. The van der Waals surface area contributed by atoms with Crippen molar-refractivity contribution in [3.8, 4) is 0 Å². The molecule has 4 aliphatic rings. The minimum Gasteiger partial charge on any atom is -0.103 e. The predicted octanol–water partition coefficient (Wildman–Crippen LogP) is 6.22. The summed E-state index contributed by atoms with van der Waals surface area (Å²) >= 11 is 0. The maximum absolute atomic E-state index is 4.20. The van der Waals surface area contributed by atoms with Crippen LogP contribution in [0.15, 0.2) is 12.7 Å². The molecule has 7 atom stereocenters. The molecule has 21 heavy (non-hydrogen) atoms. The number of rotatable bonds is 1. The van der Waals surface area contributed by atoms with Gasteiger partial charge in [-0.1, -0.05) is 32.8 Å². The fourth-order valence-electron chi connectivity index (χ4n) is 7.69. The zero-order valence-electron chi connectivity index (χ0n) is 14.2. The van der Waals surface area contributed by atoms with Crippen molar-refractivity contribution < 1.29 is 0 Å². The molecule has 1 unspecified atom stereocenters. The van der Waals surface area contributed by atoms with Gasteiger partial charge in [-0.15, -0.1) is 6.58 Å². The van der Waals surface area contributed by atoms with E-state index in [1.54, 1.807) is 0 Å². The van der Waals surface area contributed by atoms with Crippen LogP contribution in [-0.4, -0.2) is 0 Å². The van der Waals surface area contributed by atoms with Gasteiger partial charge in [0.25, 0.3) is 0 Å². The molecule has 118 valence electrons. The molecule has 4 rings (SSSR count). The quantitative estimate of drug-likeness (QED) is 0.502. The first-order chi connectivity index (χ1) is 10.1. The highest BCUT2D eigenvalue weighted by molar-refractivity contribution is 5.10. The zero-order valence-corrected chi connectivity index (χ0v) is 14.2. The summed E-state index contributed by atoms with van der Waals surface area (Å²) in [4.78, 5) is 0. The highest BCUT2D eigenvalue weighted by Gasteiger charge is 2.58. The van der Waals surface area contributed by atoms with Crippen LogP contribution in [0.3, 0.4) is 0 Å². The second-order valence-corrected chi connectivity index (χ2v) is 9.45. The molecule has 0 aromatic rings. The van der Waals surface area contributed by atoms with Crippen molar-refractivity contribution >= 4 is 0 Å². The van der Waals surface area contributed by atoms with E-state index >= 15 is 0 Å². The summed E-state index contributed by atoms with van der Waals surface area (Å²) in [6.45, 7) is 9.51. The van der Waals surface area contributed by atoms with Crippen LogP contribution in [-0.2, 0) is 0 Å². The minimum absolute atomic E-state index is 0.651. The van der Waals surface area contributed by atoms with Gasteiger partial charge < -0.3 is 0 Å². The summed E-state index contributed by atoms with van der Waals surface area (Å²) in [6, 6.07) is 0. The molecule has 0 nitrogen and oxygen atoms in total. The van der Waals surface area contributed by atoms with Crippen molar-refractivity contribution in [1.82, 2.24) is 0 Å². The molecule has 0 saturated heterocycles. The second-order valence-electron chi connectivity index (χ2n) is 9.45. The SMILES string of the molecule is C=CC1CC[C@@]2(C)CC[C@H]3[C@@H](CC[C@H]4CCCC[C@@]43C)[C@H]12. The van der Waals surface area contributed by atoms with E-state index in [1.165, 1.54) is 64.2 Å².